The van der Waals surface area contributed by atoms with E-state index >= 15 is 0 Å². The molecule has 180 valence electrons. The van der Waals surface area contributed by atoms with Gasteiger partial charge in [0.15, 0.2) is 0 Å². The average Bonchev–Trinajstić information content (AvgIpc) is 3.13. The number of ketones is 1. The Morgan fingerprint density at radius 2 is 1.66 bits per heavy atom. The third-order valence-electron chi connectivity index (χ3n) is 5.86. The standard InChI is InChI=1S/C29H29NO5/c1-18(2)17-35-24-10-6-8-21(16-24)27(31)25-26(20-7-5-9-23(15-20)34-4)30(29(33)28(25)32)22-13-11-19(3)12-14-22/h5-16,18,26,31H,17H2,1-4H3/b27-25-. The van der Waals surface area contributed by atoms with Crippen LogP contribution in [-0.2, 0) is 9.59 Å². The minimum Gasteiger partial charge on any atom is -0.507 e. The number of hydrogen-bond acceptors (Lipinski definition) is 5. The summed E-state index contributed by atoms with van der Waals surface area (Å²) in [5.41, 5.74) is 2.67. The van der Waals surface area contributed by atoms with Crippen molar-refractivity contribution in [3.05, 3.63) is 95.1 Å². The van der Waals surface area contributed by atoms with E-state index in [-0.39, 0.29) is 11.3 Å². The molecular formula is C29H29NO5. The van der Waals surface area contributed by atoms with Crippen molar-refractivity contribution in [1.82, 2.24) is 0 Å². The first-order valence-electron chi connectivity index (χ1n) is 11.5. The van der Waals surface area contributed by atoms with E-state index in [1.165, 1.54) is 4.90 Å². The summed E-state index contributed by atoms with van der Waals surface area (Å²) < 4.78 is 11.2. The lowest BCUT2D eigenvalue weighted by Crippen LogP contribution is -2.29. The van der Waals surface area contributed by atoms with Gasteiger partial charge in [0.1, 0.15) is 17.3 Å². The predicted molar refractivity (Wildman–Crippen MR) is 136 cm³/mol. The highest BCUT2D eigenvalue weighted by molar-refractivity contribution is 6.51. The second-order valence-corrected chi connectivity index (χ2v) is 9.01. The number of ether oxygens (including phenoxy) is 2. The molecule has 6 heteroatoms. The number of anilines is 1. The highest BCUT2D eigenvalue weighted by atomic mass is 16.5. The second-order valence-electron chi connectivity index (χ2n) is 9.01. The fourth-order valence-electron chi connectivity index (χ4n) is 4.08. The Morgan fingerprint density at radius 1 is 0.971 bits per heavy atom. The lowest BCUT2D eigenvalue weighted by molar-refractivity contribution is -0.132. The summed E-state index contributed by atoms with van der Waals surface area (Å²) in [6.07, 6.45) is 0. The molecule has 1 saturated heterocycles. The molecule has 3 aromatic carbocycles. The van der Waals surface area contributed by atoms with Gasteiger partial charge in [0, 0.05) is 11.3 Å². The van der Waals surface area contributed by atoms with E-state index in [4.69, 9.17) is 9.47 Å². The Hall–Kier alpha value is -4.06. The summed E-state index contributed by atoms with van der Waals surface area (Å²) >= 11 is 0. The summed E-state index contributed by atoms with van der Waals surface area (Å²) in [6, 6.07) is 20.6. The van der Waals surface area contributed by atoms with Gasteiger partial charge in [-0.05, 0) is 54.8 Å². The smallest absolute Gasteiger partial charge is 0.300 e. The number of methoxy groups -OCH3 is 1. The predicted octanol–water partition coefficient (Wildman–Crippen LogP) is 5.66. The molecule has 1 heterocycles. The summed E-state index contributed by atoms with van der Waals surface area (Å²) in [4.78, 5) is 28.1. The maximum absolute atomic E-state index is 13.3. The van der Waals surface area contributed by atoms with Crippen LogP contribution in [0.3, 0.4) is 0 Å². The van der Waals surface area contributed by atoms with Gasteiger partial charge in [-0.15, -0.1) is 0 Å². The largest absolute Gasteiger partial charge is 0.507 e. The highest BCUT2D eigenvalue weighted by Gasteiger charge is 2.47. The van der Waals surface area contributed by atoms with Gasteiger partial charge < -0.3 is 14.6 Å². The van der Waals surface area contributed by atoms with Crippen LogP contribution >= 0.6 is 0 Å². The van der Waals surface area contributed by atoms with E-state index < -0.39 is 17.7 Å². The Balaban J connectivity index is 1.87. The lowest BCUT2D eigenvalue weighted by atomic mass is 9.95. The SMILES string of the molecule is COc1cccc(C2/C(=C(/O)c3cccc(OCC(C)C)c3)C(=O)C(=O)N2c2ccc(C)cc2)c1. The maximum atomic E-state index is 13.3. The summed E-state index contributed by atoms with van der Waals surface area (Å²) in [5, 5.41) is 11.4. The molecule has 0 spiro atoms. The number of aliphatic hydroxyl groups is 1. The molecule has 0 bridgehead atoms. The van der Waals surface area contributed by atoms with Crippen LogP contribution in [0.2, 0.25) is 0 Å². The van der Waals surface area contributed by atoms with Crippen molar-refractivity contribution in [3.63, 3.8) is 0 Å². The van der Waals surface area contributed by atoms with Crippen molar-refractivity contribution >= 4 is 23.1 Å². The molecule has 0 saturated carbocycles. The van der Waals surface area contributed by atoms with Crippen LogP contribution in [0.5, 0.6) is 11.5 Å². The number of amides is 1. The molecule has 0 aromatic heterocycles. The van der Waals surface area contributed by atoms with E-state index in [2.05, 4.69) is 0 Å². The Bertz CT molecular complexity index is 1280. The van der Waals surface area contributed by atoms with Crippen molar-refractivity contribution in [2.75, 3.05) is 18.6 Å². The van der Waals surface area contributed by atoms with E-state index in [1.54, 1.807) is 61.7 Å². The van der Waals surface area contributed by atoms with Crippen LogP contribution in [-0.4, -0.2) is 30.5 Å². The number of hydrogen-bond donors (Lipinski definition) is 1. The van der Waals surface area contributed by atoms with Crippen LogP contribution < -0.4 is 14.4 Å². The third kappa shape index (κ3) is 4.92. The first kappa shape index (κ1) is 24.1. The molecule has 6 nitrogen and oxygen atoms in total. The first-order chi connectivity index (χ1) is 16.8. The zero-order valence-corrected chi connectivity index (χ0v) is 20.3. The van der Waals surface area contributed by atoms with Gasteiger partial charge >= 0.3 is 0 Å². The Labute approximate surface area is 205 Å². The maximum Gasteiger partial charge on any atom is 0.300 e. The van der Waals surface area contributed by atoms with E-state index in [9.17, 15) is 14.7 Å². The summed E-state index contributed by atoms with van der Waals surface area (Å²) in [6.45, 7) is 6.56. The topological polar surface area (TPSA) is 76.1 Å². The number of benzene rings is 3. The molecule has 1 atom stereocenters. The number of aryl methyl sites for hydroxylation is 1. The van der Waals surface area contributed by atoms with Crippen LogP contribution in [0.1, 0.15) is 36.6 Å². The quantitative estimate of drug-likeness (QED) is 0.273. The van der Waals surface area contributed by atoms with Crippen molar-refractivity contribution in [2.24, 2.45) is 5.92 Å². The van der Waals surface area contributed by atoms with Gasteiger partial charge in [-0.1, -0.05) is 55.8 Å². The minimum absolute atomic E-state index is 0.0184. The minimum atomic E-state index is -0.826. The normalized spacial score (nSPS) is 17.2. The Morgan fingerprint density at radius 3 is 2.34 bits per heavy atom. The molecule has 1 aliphatic rings. The van der Waals surface area contributed by atoms with Crippen molar-refractivity contribution in [3.8, 4) is 11.5 Å². The van der Waals surface area contributed by atoms with Crippen LogP contribution in [0.15, 0.2) is 78.4 Å². The van der Waals surface area contributed by atoms with Crippen LogP contribution in [0.4, 0.5) is 5.69 Å². The number of Topliss-reactive ketones (excluding diaryl/α,β-unsaturated/α-hetero) is 1. The zero-order valence-electron chi connectivity index (χ0n) is 20.3. The van der Waals surface area contributed by atoms with Crippen molar-refractivity contribution in [2.45, 2.75) is 26.8 Å². The fraction of sp³-hybridized carbons (Fsp3) is 0.241. The van der Waals surface area contributed by atoms with Gasteiger partial charge in [0.25, 0.3) is 11.7 Å². The molecule has 4 rings (SSSR count). The first-order valence-corrected chi connectivity index (χ1v) is 11.5. The number of carbonyl (C=O) groups is 2. The van der Waals surface area contributed by atoms with Gasteiger partial charge in [0.2, 0.25) is 0 Å². The van der Waals surface area contributed by atoms with Gasteiger partial charge in [-0.2, -0.15) is 0 Å². The fourth-order valence-corrected chi connectivity index (χ4v) is 4.08. The molecule has 0 aliphatic carbocycles. The zero-order chi connectivity index (χ0) is 25.1. The Kier molecular flexibility index (Phi) is 6.92. The molecule has 3 aromatic rings. The van der Waals surface area contributed by atoms with Crippen molar-refractivity contribution in [1.29, 1.82) is 0 Å². The van der Waals surface area contributed by atoms with Crippen LogP contribution in [0, 0.1) is 12.8 Å². The number of carbonyl (C=O) groups excluding carboxylic acids is 2. The van der Waals surface area contributed by atoms with Crippen molar-refractivity contribution < 1.29 is 24.2 Å². The lowest BCUT2D eigenvalue weighted by Gasteiger charge is -2.26. The number of rotatable bonds is 7. The molecule has 1 aliphatic heterocycles. The molecule has 1 amide bonds. The van der Waals surface area contributed by atoms with E-state index in [0.29, 0.717) is 40.8 Å². The monoisotopic (exact) mass is 471 g/mol. The van der Waals surface area contributed by atoms with Gasteiger partial charge in [-0.25, -0.2) is 0 Å². The summed E-state index contributed by atoms with van der Waals surface area (Å²) in [7, 11) is 1.55. The van der Waals surface area contributed by atoms with E-state index in [0.717, 1.165) is 5.56 Å². The molecule has 1 unspecified atom stereocenters. The van der Waals surface area contributed by atoms with Gasteiger partial charge in [-0.3, -0.25) is 14.5 Å². The van der Waals surface area contributed by atoms with Crippen LogP contribution in [0.25, 0.3) is 5.76 Å². The second kappa shape index (κ2) is 10.1. The highest BCUT2D eigenvalue weighted by Crippen LogP contribution is 2.43. The molecular weight excluding hydrogens is 442 g/mol. The summed E-state index contributed by atoms with van der Waals surface area (Å²) in [5.74, 6) is -0.199. The number of aliphatic hydroxyl groups excluding tert-OH is 1. The third-order valence-corrected chi connectivity index (χ3v) is 5.86. The van der Waals surface area contributed by atoms with Gasteiger partial charge in [0.05, 0.1) is 25.3 Å². The van der Waals surface area contributed by atoms with E-state index in [1.807, 2.05) is 39.0 Å². The molecule has 1 N–H and O–H groups in total. The average molecular weight is 472 g/mol. The number of nitrogens with zero attached hydrogens (tertiary/aromatic N) is 1. The molecule has 0 radical (unpaired) electrons. The molecule has 35 heavy (non-hydrogen) atoms. The molecule has 1 fully saturated rings.